The van der Waals surface area contributed by atoms with Gasteiger partial charge in [0.2, 0.25) is 0 Å². The van der Waals surface area contributed by atoms with Crippen molar-refractivity contribution < 1.29 is 63.1 Å². The van der Waals surface area contributed by atoms with E-state index < -0.39 is 75.7 Å². The van der Waals surface area contributed by atoms with Crippen molar-refractivity contribution in [1.82, 2.24) is 0 Å². The Kier molecular flexibility index (Phi) is 31.9. The highest BCUT2D eigenvalue weighted by molar-refractivity contribution is 7.47. The molecule has 57 heavy (non-hydrogen) atoms. The summed E-state index contributed by atoms with van der Waals surface area (Å²) in [4.78, 5) is 35.6. The van der Waals surface area contributed by atoms with E-state index in [1.54, 1.807) is 0 Å². The predicted molar refractivity (Wildman–Crippen MR) is 221 cm³/mol. The largest absolute Gasteiger partial charge is 0.472 e. The maximum atomic E-state index is 12.8. The van der Waals surface area contributed by atoms with Crippen molar-refractivity contribution in [3.05, 3.63) is 24.3 Å². The molecule has 1 rings (SSSR count). The molecule has 8 atom stereocenters. The van der Waals surface area contributed by atoms with Gasteiger partial charge in [-0.2, -0.15) is 0 Å². The van der Waals surface area contributed by atoms with Crippen LogP contribution in [0.5, 0.6) is 0 Å². The molecule has 0 spiro atoms. The summed E-state index contributed by atoms with van der Waals surface area (Å²) >= 11 is 0. The number of phosphoric acid groups is 1. The van der Waals surface area contributed by atoms with Gasteiger partial charge in [-0.1, -0.05) is 134 Å². The number of hydrogen-bond acceptors (Lipinski definition) is 12. The van der Waals surface area contributed by atoms with Gasteiger partial charge in [0.05, 0.1) is 6.61 Å². The summed E-state index contributed by atoms with van der Waals surface area (Å²) < 4.78 is 33.4. The van der Waals surface area contributed by atoms with Crippen LogP contribution in [-0.4, -0.2) is 98.3 Å². The third-order valence-corrected chi connectivity index (χ3v) is 11.3. The van der Waals surface area contributed by atoms with Gasteiger partial charge in [-0.3, -0.25) is 18.6 Å². The molecule has 6 unspecified atom stereocenters. The molecule has 0 aromatic carbocycles. The highest BCUT2D eigenvalue weighted by Gasteiger charge is 2.51. The first-order chi connectivity index (χ1) is 27.4. The molecule has 0 aromatic rings. The minimum Gasteiger partial charge on any atom is -0.462 e. The zero-order chi connectivity index (χ0) is 42.2. The average molecular weight is 835 g/mol. The first-order valence-corrected chi connectivity index (χ1v) is 23.6. The van der Waals surface area contributed by atoms with Crippen molar-refractivity contribution >= 4 is 19.8 Å². The Morgan fingerprint density at radius 2 is 0.912 bits per heavy atom. The zero-order valence-electron chi connectivity index (χ0n) is 35.1. The number of ether oxygens (including phenoxy) is 2. The van der Waals surface area contributed by atoms with Crippen molar-refractivity contribution in [2.75, 3.05) is 13.2 Å². The van der Waals surface area contributed by atoms with Crippen molar-refractivity contribution in [1.29, 1.82) is 0 Å². The van der Waals surface area contributed by atoms with Crippen molar-refractivity contribution in [3.63, 3.8) is 0 Å². The second-order valence-electron chi connectivity index (χ2n) is 15.5. The zero-order valence-corrected chi connectivity index (χ0v) is 36.0. The fraction of sp³-hybridized carbons (Fsp3) is 0.860. The van der Waals surface area contributed by atoms with E-state index in [1.807, 2.05) is 0 Å². The Morgan fingerprint density at radius 1 is 0.526 bits per heavy atom. The van der Waals surface area contributed by atoms with Crippen LogP contribution in [0.3, 0.4) is 0 Å². The van der Waals surface area contributed by atoms with E-state index in [2.05, 4.69) is 38.2 Å². The van der Waals surface area contributed by atoms with Crippen LogP contribution in [0.2, 0.25) is 0 Å². The van der Waals surface area contributed by atoms with Crippen LogP contribution in [0.25, 0.3) is 0 Å². The molecule has 0 aliphatic heterocycles. The highest BCUT2D eigenvalue weighted by Crippen LogP contribution is 2.47. The summed E-state index contributed by atoms with van der Waals surface area (Å²) in [6.45, 7) is 3.24. The van der Waals surface area contributed by atoms with Crippen molar-refractivity contribution in [2.45, 2.75) is 224 Å². The SMILES string of the molecule is CCCC/C=C/CCCCCCCCCCCC(=O)OC[C@@H](COP(=O)(O)OC1C(O)C(O)C(O)[C@H](O)C1O)OC(=O)CCCCC/C=C/CCCCCCCC. The number of unbranched alkanes of at least 4 members (excludes halogenated alkanes) is 20. The summed E-state index contributed by atoms with van der Waals surface area (Å²) in [7, 11) is -5.12. The van der Waals surface area contributed by atoms with E-state index in [4.69, 9.17) is 18.5 Å². The molecule has 0 amide bonds. The summed E-state index contributed by atoms with van der Waals surface area (Å²) in [6, 6.07) is 0. The molecule has 1 aliphatic rings. The summed E-state index contributed by atoms with van der Waals surface area (Å²) in [5.74, 6) is -1.12. The van der Waals surface area contributed by atoms with Gasteiger partial charge in [0, 0.05) is 12.8 Å². The van der Waals surface area contributed by atoms with E-state index in [-0.39, 0.29) is 12.8 Å². The van der Waals surface area contributed by atoms with Gasteiger partial charge in [0.25, 0.3) is 0 Å². The van der Waals surface area contributed by atoms with Crippen LogP contribution in [0.15, 0.2) is 24.3 Å². The number of rotatable bonds is 36. The van der Waals surface area contributed by atoms with Crippen LogP contribution < -0.4 is 0 Å². The standard InChI is InChI=1S/C43H79O13P/c1-3-5-7-9-11-13-15-17-18-20-21-23-25-27-29-31-36(44)53-33-35(34-54-57(51,52)56-43-41(49)39(47)38(46)40(48)42(43)50)55-37(45)32-30-28-26-24-22-19-16-14-12-10-8-6-4-2/h9,11,19,22,35,38-43,46-50H,3-8,10,12-18,20-21,23-34H2,1-2H3,(H,51,52)/b11-9+,22-19+/t35-,38?,39-,40?,41?,42?,43?/m0/s1. The van der Waals surface area contributed by atoms with Crippen molar-refractivity contribution in [2.24, 2.45) is 0 Å². The Labute approximate surface area is 343 Å². The molecule has 14 heteroatoms. The lowest BCUT2D eigenvalue weighted by Crippen LogP contribution is -2.64. The second kappa shape index (κ2) is 34.1. The molecule has 6 N–H and O–H groups in total. The average Bonchev–Trinajstić information content (AvgIpc) is 3.19. The lowest BCUT2D eigenvalue weighted by atomic mass is 9.85. The number of hydrogen-bond donors (Lipinski definition) is 6. The number of phosphoric ester groups is 1. The topological polar surface area (TPSA) is 210 Å². The third kappa shape index (κ3) is 26.9. The van der Waals surface area contributed by atoms with E-state index in [1.165, 1.54) is 89.9 Å². The number of carbonyl (C=O) groups is 2. The maximum absolute atomic E-state index is 12.8. The number of aliphatic hydroxyl groups excluding tert-OH is 5. The smallest absolute Gasteiger partial charge is 0.462 e. The van der Waals surface area contributed by atoms with Crippen molar-refractivity contribution in [3.8, 4) is 0 Å². The molecule has 13 nitrogen and oxygen atoms in total. The van der Waals surface area contributed by atoms with Gasteiger partial charge in [-0.15, -0.1) is 0 Å². The van der Waals surface area contributed by atoms with E-state index in [0.29, 0.717) is 12.8 Å². The molecule has 0 bridgehead atoms. The fourth-order valence-corrected chi connectivity index (χ4v) is 7.59. The summed E-state index contributed by atoms with van der Waals surface area (Å²) in [6.07, 6.45) is 22.4. The van der Waals surface area contributed by atoms with Crippen LogP contribution >= 0.6 is 7.82 Å². The maximum Gasteiger partial charge on any atom is 0.472 e. The van der Waals surface area contributed by atoms with Crippen LogP contribution in [0.1, 0.15) is 181 Å². The molecule has 0 radical (unpaired) electrons. The monoisotopic (exact) mass is 835 g/mol. The normalized spacial score (nSPS) is 22.9. The lowest BCUT2D eigenvalue weighted by Gasteiger charge is -2.41. The molecule has 1 saturated carbocycles. The Morgan fingerprint density at radius 3 is 1.40 bits per heavy atom. The van der Waals surface area contributed by atoms with Gasteiger partial charge >= 0.3 is 19.8 Å². The Balaban J connectivity index is 2.49. The van der Waals surface area contributed by atoms with E-state index in [0.717, 1.165) is 51.4 Å². The molecule has 0 saturated heterocycles. The predicted octanol–water partition coefficient (Wildman–Crippen LogP) is 8.06. The molecule has 1 aliphatic carbocycles. The fourth-order valence-electron chi connectivity index (χ4n) is 6.62. The molecule has 0 aromatic heterocycles. The van der Waals surface area contributed by atoms with Gasteiger partial charge in [0.15, 0.2) is 6.10 Å². The van der Waals surface area contributed by atoms with E-state index >= 15 is 0 Å². The number of carbonyl (C=O) groups excluding carboxylic acids is 2. The van der Waals surface area contributed by atoms with Crippen LogP contribution in [0.4, 0.5) is 0 Å². The summed E-state index contributed by atoms with van der Waals surface area (Å²) in [5, 5.41) is 50.1. The van der Waals surface area contributed by atoms with Crippen LogP contribution in [0, 0.1) is 0 Å². The Hall–Kier alpha value is -1.67. The minimum atomic E-state index is -5.12. The quantitative estimate of drug-likeness (QED) is 0.0153. The van der Waals surface area contributed by atoms with Gasteiger partial charge in [0.1, 0.15) is 43.2 Å². The van der Waals surface area contributed by atoms with Crippen LogP contribution in [-0.2, 0) is 32.7 Å². The lowest BCUT2D eigenvalue weighted by molar-refractivity contribution is -0.220. The third-order valence-electron chi connectivity index (χ3n) is 10.3. The molecular weight excluding hydrogens is 755 g/mol. The first-order valence-electron chi connectivity index (χ1n) is 22.1. The first kappa shape index (κ1) is 53.3. The van der Waals surface area contributed by atoms with Gasteiger partial charge < -0.3 is 39.9 Å². The number of esters is 2. The summed E-state index contributed by atoms with van der Waals surface area (Å²) in [5.41, 5.74) is 0. The number of allylic oxidation sites excluding steroid dienone is 4. The molecular formula is C43H79O13P. The van der Waals surface area contributed by atoms with E-state index in [9.17, 15) is 44.6 Å². The number of aliphatic hydroxyl groups is 5. The van der Waals surface area contributed by atoms with Gasteiger partial charge in [-0.25, -0.2) is 4.57 Å². The highest BCUT2D eigenvalue weighted by atomic mass is 31.2. The molecule has 0 heterocycles. The Bertz CT molecular complexity index is 1100. The van der Waals surface area contributed by atoms with Gasteiger partial charge in [-0.05, 0) is 57.8 Å². The minimum absolute atomic E-state index is 0.0776. The molecule has 334 valence electrons. The second-order valence-corrected chi connectivity index (χ2v) is 16.9. The molecule has 1 fully saturated rings.